The number of carbonyl (C=O) groups is 2. The Bertz CT molecular complexity index is 1220. The van der Waals surface area contributed by atoms with Crippen LogP contribution in [0.2, 0.25) is 0 Å². The Hall–Kier alpha value is -3.99. The molecular formula is C28H27N3O2. The van der Waals surface area contributed by atoms with Gasteiger partial charge in [-0.25, -0.2) is 0 Å². The van der Waals surface area contributed by atoms with Crippen molar-refractivity contribution in [2.24, 2.45) is 0 Å². The molecule has 0 radical (unpaired) electrons. The van der Waals surface area contributed by atoms with Gasteiger partial charge in [0.2, 0.25) is 0 Å². The molecule has 1 unspecified atom stereocenters. The van der Waals surface area contributed by atoms with Crippen molar-refractivity contribution >= 4 is 22.6 Å². The molecule has 0 aliphatic rings. The van der Waals surface area contributed by atoms with E-state index in [9.17, 15) is 9.59 Å². The molecule has 0 aliphatic carbocycles. The molecule has 0 fully saturated rings. The molecule has 3 aromatic carbocycles. The standard InChI is InChI=1S/C28H27N3O2/c1-31(28(33)25-15-9-13-22-12-5-6-14-24(22)25)23(20-21-10-3-2-4-11-21)17-19-30-27(32)26-16-7-8-18-29-26/h2-16,18,23H,17,19-20H2,1H3,(H,30,32). The monoisotopic (exact) mass is 437 g/mol. The SMILES string of the molecule is CN(C(=O)c1cccc2ccccc12)C(CCNC(=O)c1ccccn1)Cc1ccccc1. The summed E-state index contributed by atoms with van der Waals surface area (Å²) in [5.41, 5.74) is 2.22. The number of nitrogens with one attached hydrogen (secondary N) is 1. The fourth-order valence-corrected chi connectivity index (χ4v) is 4.03. The van der Waals surface area contributed by atoms with Crippen LogP contribution in [0.4, 0.5) is 0 Å². The Kier molecular flexibility index (Phi) is 7.10. The third kappa shape index (κ3) is 5.44. The molecule has 0 spiro atoms. The van der Waals surface area contributed by atoms with E-state index in [1.54, 1.807) is 24.4 Å². The average molecular weight is 438 g/mol. The molecule has 0 aliphatic heterocycles. The molecule has 2 amide bonds. The third-order valence-corrected chi connectivity index (χ3v) is 5.86. The Morgan fingerprint density at radius 1 is 0.879 bits per heavy atom. The highest BCUT2D eigenvalue weighted by atomic mass is 16.2. The number of amides is 2. The van der Waals surface area contributed by atoms with E-state index in [1.165, 1.54) is 0 Å². The highest BCUT2D eigenvalue weighted by Gasteiger charge is 2.23. The molecule has 5 heteroatoms. The van der Waals surface area contributed by atoms with E-state index in [1.807, 2.05) is 72.6 Å². The first-order valence-electron chi connectivity index (χ1n) is 11.1. The number of aromatic nitrogens is 1. The molecule has 0 bridgehead atoms. The van der Waals surface area contributed by atoms with Crippen LogP contribution in [-0.4, -0.2) is 41.3 Å². The van der Waals surface area contributed by atoms with Gasteiger partial charge in [-0.05, 0) is 47.4 Å². The van der Waals surface area contributed by atoms with E-state index in [0.717, 1.165) is 16.3 Å². The predicted octanol–water partition coefficient (Wildman–Crippen LogP) is 4.74. The van der Waals surface area contributed by atoms with Crippen molar-refractivity contribution in [2.75, 3.05) is 13.6 Å². The lowest BCUT2D eigenvalue weighted by molar-refractivity contribution is 0.0725. The molecule has 1 atom stereocenters. The Morgan fingerprint density at radius 3 is 2.39 bits per heavy atom. The average Bonchev–Trinajstić information content (AvgIpc) is 2.88. The van der Waals surface area contributed by atoms with Gasteiger partial charge in [0.05, 0.1) is 0 Å². The number of benzene rings is 3. The number of pyridine rings is 1. The maximum absolute atomic E-state index is 13.5. The second-order valence-electron chi connectivity index (χ2n) is 8.05. The van der Waals surface area contributed by atoms with Crippen molar-refractivity contribution in [3.05, 3.63) is 114 Å². The molecule has 5 nitrogen and oxygen atoms in total. The first-order chi connectivity index (χ1) is 16.1. The van der Waals surface area contributed by atoms with Gasteiger partial charge in [0.25, 0.3) is 11.8 Å². The molecule has 0 saturated heterocycles. The van der Waals surface area contributed by atoms with E-state index in [2.05, 4.69) is 22.4 Å². The zero-order valence-corrected chi connectivity index (χ0v) is 18.6. The summed E-state index contributed by atoms with van der Waals surface area (Å²) >= 11 is 0. The molecule has 4 rings (SSSR count). The predicted molar refractivity (Wildman–Crippen MR) is 131 cm³/mol. The van der Waals surface area contributed by atoms with E-state index < -0.39 is 0 Å². The lowest BCUT2D eigenvalue weighted by Crippen LogP contribution is -2.41. The highest BCUT2D eigenvalue weighted by Crippen LogP contribution is 2.22. The molecule has 1 heterocycles. The van der Waals surface area contributed by atoms with Crippen LogP contribution in [-0.2, 0) is 6.42 Å². The second-order valence-corrected chi connectivity index (χ2v) is 8.05. The lowest BCUT2D eigenvalue weighted by Gasteiger charge is -2.29. The summed E-state index contributed by atoms with van der Waals surface area (Å²) in [5.74, 6) is -0.235. The summed E-state index contributed by atoms with van der Waals surface area (Å²) in [5, 5.41) is 4.92. The summed E-state index contributed by atoms with van der Waals surface area (Å²) in [7, 11) is 1.85. The summed E-state index contributed by atoms with van der Waals surface area (Å²) in [4.78, 5) is 31.8. The van der Waals surface area contributed by atoms with Gasteiger partial charge in [-0.15, -0.1) is 0 Å². The maximum Gasteiger partial charge on any atom is 0.269 e. The Balaban J connectivity index is 1.52. The van der Waals surface area contributed by atoms with Crippen LogP contribution in [0.5, 0.6) is 0 Å². The highest BCUT2D eigenvalue weighted by molar-refractivity contribution is 6.07. The zero-order chi connectivity index (χ0) is 23.0. The van der Waals surface area contributed by atoms with Gasteiger partial charge >= 0.3 is 0 Å². The van der Waals surface area contributed by atoms with Crippen molar-refractivity contribution < 1.29 is 9.59 Å². The minimum Gasteiger partial charge on any atom is -0.351 e. The van der Waals surface area contributed by atoms with Gasteiger partial charge in [-0.1, -0.05) is 72.8 Å². The number of nitrogens with zero attached hydrogens (tertiary/aromatic N) is 2. The largest absolute Gasteiger partial charge is 0.351 e. The minimum absolute atomic E-state index is 0.0243. The molecule has 4 aromatic rings. The van der Waals surface area contributed by atoms with Crippen LogP contribution < -0.4 is 5.32 Å². The molecule has 166 valence electrons. The van der Waals surface area contributed by atoms with E-state index in [4.69, 9.17) is 0 Å². The fourth-order valence-electron chi connectivity index (χ4n) is 4.03. The molecular weight excluding hydrogens is 410 g/mol. The van der Waals surface area contributed by atoms with Crippen LogP contribution in [0.3, 0.4) is 0 Å². The quantitative estimate of drug-likeness (QED) is 0.433. The van der Waals surface area contributed by atoms with Crippen LogP contribution in [0.1, 0.15) is 32.8 Å². The topological polar surface area (TPSA) is 62.3 Å². The number of carbonyl (C=O) groups excluding carboxylic acids is 2. The first kappa shape index (κ1) is 22.2. The van der Waals surface area contributed by atoms with Gasteiger partial charge in [-0.3, -0.25) is 14.6 Å². The summed E-state index contributed by atoms with van der Waals surface area (Å²) in [6.07, 6.45) is 2.93. The molecule has 1 aromatic heterocycles. The lowest BCUT2D eigenvalue weighted by atomic mass is 9.99. The Labute approximate surface area is 194 Å². The number of fused-ring (bicyclic) bond motifs is 1. The zero-order valence-electron chi connectivity index (χ0n) is 18.6. The van der Waals surface area contributed by atoms with Crippen molar-refractivity contribution in [2.45, 2.75) is 18.9 Å². The number of hydrogen-bond donors (Lipinski definition) is 1. The van der Waals surface area contributed by atoms with Gasteiger partial charge in [-0.2, -0.15) is 0 Å². The maximum atomic E-state index is 13.5. The van der Waals surface area contributed by atoms with Gasteiger partial charge in [0.15, 0.2) is 0 Å². The normalized spacial score (nSPS) is 11.7. The van der Waals surface area contributed by atoms with Crippen LogP contribution in [0.25, 0.3) is 10.8 Å². The van der Waals surface area contributed by atoms with Crippen LogP contribution in [0.15, 0.2) is 97.2 Å². The summed E-state index contributed by atoms with van der Waals surface area (Å²) in [6.45, 7) is 0.445. The fraction of sp³-hybridized carbons (Fsp3) is 0.179. The van der Waals surface area contributed by atoms with Crippen LogP contribution >= 0.6 is 0 Å². The van der Waals surface area contributed by atoms with E-state index in [0.29, 0.717) is 30.6 Å². The smallest absolute Gasteiger partial charge is 0.269 e. The van der Waals surface area contributed by atoms with Gasteiger partial charge < -0.3 is 10.2 Å². The molecule has 1 N–H and O–H groups in total. The van der Waals surface area contributed by atoms with Crippen molar-refractivity contribution in [1.82, 2.24) is 15.2 Å². The van der Waals surface area contributed by atoms with Crippen molar-refractivity contribution in [3.63, 3.8) is 0 Å². The second kappa shape index (κ2) is 10.6. The number of hydrogen-bond acceptors (Lipinski definition) is 3. The summed E-state index contributed by atoms with van der Waals surface area (Å²) < 4.78 is 0. The van der Waals surface area contributed by atoms with Crippen molar-refractivity contribution in [1.29, 1.82) is 0 Å². The number of rotatable bonds is 8. The third-order valence-electron chi connectivity index (χ3n) is 5.86. The molecule has 33 heavy (non-hydrogen) atoms. The van der Waals surface area contributed by atoms with Crippen molar-refractivity contribution in [3.8, 4) is 0 Å². The Morgan fingerprint density at radius 2 is 1.61 bits per heavy atom. The van der Waals surface area contributed by atoms with E-state index in [-0.39, 0.29) is 17.9 Å². The van der Waals surface area contributed by atoms with Gasteiger partial charge in [0.1, 0.15) is 5.69 Å². The first-order valence-corrected chi connectivity index (χ1v) is 11.1. The van der Waals surface area contributed by atoms with Gasteiger partial charge in [0, 0.05) is 31.4 Å². The minimum atomic E-state index is -0.211. The summed E-state index contributed by atoms with van der Waals surface area (Å²) in [6, 6.07) is 29.0. The molecule has 0 saturated carbocycles. The van der Waals surface area contributed by atoms with Crippen LogP contribution in [0, 0.1) is 0 Å². The van der Waals surface area contributed by atoms with E-state index >= 15 is 0 Å². The number of likely N-dealkylation sites (N-methyl/N-ethyl adjacent to an activating group) is 1.